The highest BCUT2D eigenvalue weighted by Gasteiger charge is 2.22. The minimum atomic E-state index is -0.423. The third-order valence-corrected chi connectivity index (χ3v) is 4.91. The Morgan fingerprint density at radius 2 is 2.19 bits per heavy atom. The molecule has 0 saturated carbocycles. The van der Waals surface area contributed by atoms with Gasteiger partial charge in [0.25, 0.3) is 0 Å². The van der Waals surface area contributed by atoms with Crippen molar-refractivity contribution >= 4 is 5.91 Å². The second-order valence-corrected chi connectivity index (χ2v) is 6.91. The Morgan fingerprint density at radius 3 is 2.85 bits per heavy atom. The Balaban J connectivity index is 1.66. The van der Waals surface area contributed by atoms with Gasteiger partial charge in [-0.05, 0) is 61.2 Å². The number of ether oxygens (including phenoxy) is 1. The average Bonchev–Trinajstić information content (AvgIpc) is 2.74. The number of piperidine rings is 1. The normalized spacial score (nSPS) is 17.9. The Hall–Kier alpha value is -2.44. The summed E-state index contributed by atoms with van der Waals surface area (Å²) in [7, 11) is 1.64. The highest BCUT2D eigenvalue weighted by Crippen LogP contribution is 2.19. The summed E-state index contributed by atoms with van der Waals surface area (Å²) in [4.78, 5) is 17.1. The van der Waals surface area contributed by atoms with Crippen molar-refractivity contribution in [1.29, 1.82) is 0 Å². The maximum absolute atomic E-state index is 12.9. The molecule has 1 aromatic heterocycles. The van der Waals surface area contributed by atoms with Crippen LogP contribution in [0.3, 0.4) is 0 Å². The van der Waals surface area contributed by atoms with Crippen molar-refractivity contribution in [3.63, 3.8) is 0 Å². The first-order valence-electron chi connectivity index (χ1n) is 9.51. The molecule has 1 aromatic carbocycles. The van der Waals surface area contributed by atoms with Gasteiger partial charge in [-0.25, -0.2) is 0 Å². The van der Waals surface area contributed by atoms with Crippen molar-refractivity contribution in [2.24, 2.45) is 5.92 Å². The number of nitrogens with zero attached hydrogens (tertiary/aromatic N) is 1. The molecule has 2 aromatic rings. The summed E-state index contributed by atoms with van der Waals surface area (Å²) < 4.78 is 5.23. The van der Waals surface area contributed by atoms with Crippen LogP contribution >= 0.6 is 0 Å². The standard InChI is InChI=1S/C21H28N4O2/c1-27-19-8-6-18(7-9-19)20(24-14-16-4-2-10-22-12-16)21(26)25-15-17-5-3-11-23-13-17/h2,4,6-10,12,17,20,23-24H,3,5,11,13-15H2,1H3,(H,25,26). The minimum Gasteiger partial charge on any atom is -0.497 e. The summed E-state index contributed by atoms with van der Waals surface area (Å²) in [5.74, 6) is 1.27. The molecule has 1 fully saturated rings. The summed E-state index contributed by atoms with van der Waals surface area (Å²) in [6.45, 7) is 3.32. The van der Waals surface area contributed by atoms with Crippen LogP contribution < -0.4 is 20.7 Å². The molecule has 3 N–H and O–H groups in total. The summed E-state index contributed by atoms with van der Waals surface area (Å²) >= 11 is 0. The Morgan fingerprint density at radius 1 is 1.33 bits per heavy atom. The predicted molar refractivity (Wildman–Crippen MR) is 105 cm³/mol. The van der Waals surface area contributed by atoms with E-state index in [2.05, 4.69) is 20.9 Å². The van der Waals surface area contributed by atoms with Gasteiger partial charge in [0.2, 0.25) is 5.91 Å². The molecule has 0 spiro atoms. The first-order valence-corrected chi connectivity index (χ1v) is 9.51. The van der Waals surface area contributed by atoms with Crippen LogP contribution in [0.4, 0.5) is 0 Å². The van der Waals surface area contributed by atoms with Gasteiger partial charge >= 0.3 is 0 Å². The van der Waals surface area contributed by atoms with Gasteiger partial charge in [0.15, 0.2) is 0 Å². The fourth-order valence-electron chi connectivity index (χ4n) is 3.33. The Bertz CT molecular complexity index is 700. The fourth-order valence-corrected chi connectivity index (χ4v) is 3.33. The maximum Gasteiger partial charge on any atom is 0.241 e. The molecule has 3 rings (SSSR count). The van der Waals surface area contributed by atoms with E-state index in [0.29, 0.717) is 19.0 Å². The zero-order chi connectivity index (χ0) is 18.9. The first kappa shape index (κ1) is 19.3. The molecule has 2 atom stereocenters. The second-order valence-electron chi connectivity index (χ2n) is 6.91. The third-order valence-electron chi connectivity index (χ3n) is 4.91. The lowest BCUT2D eigenvalue weighted by atomic mass is 9.99. The number of methoxy groups -OCH3 is 1. The van der Waals surface area contributed by atoms with E-state index in [1.807, 2.05) is 42.6 Å². The number of aromatic nitrogens is 1. The molecule has 0 bridgehead atoms. The number of nitrogens with one attached hydrogen (secondary N) is 3. The molecule has 2 unspecified atom stereocenters. The number of rotatable bonds is 8. The van der Waals surface area contributed by atoms with E-state index in [1.54, 1.807) is 13.3 Å². The number of carbonyl (C=O) groups excluding carboxylic acids is 1. The van der Waals surface area contributed by atoms with Gasteiger partial charge in [0.1, 0.15) is 11.8 Å². The van der Waals surface area contributed by atoms with Crippen molar-refractivity contribution < 1.29 is 9.53 Å². The van der Waals surface area contributed by atoms with E-state index in [-0.39, 0.29) is 5.91 Å². The van der Waals surface area contributed by atoms with Crippen molar-refractivity contribution in [3.05, 3.63) is 59.9 Å². The molecule has 0 aliphatic carbocycles. The lowest BCUT2D eigenvalue weighted by Crippen LogP contribution is -2.42. The minimum absolute atomic E-state index is 0.00497. The molecule has 1 saturated heterocycles. The number of benzene rings is 1. The van der Waals surface area contributed by atoms with Gasteiger partial charge in [0.05, 0.1) is 7.11 Å². The van der Waals surface area contributed by atoms with Crippen LogP contribution in [0, 0.1) is 5.92 Å². The van der Waals surface area contributed by atoms with E-state index in [4.69, 9.17) is 4.74 Å². The van der Waals surface area contributed by atoms with Crippen molar-refractivity contribution in [3.8, 4) is 5.75 Å². The van der Waals surface area contributed by atoms with Crippen LogP contribution in [0.15, 0.2) is 48.8 Å². The van der Waals surface area contributed by atoms with Crippen molar-refractivity contribution in [1.82, 2.24) is 20.9 Å². The Kier molecular flexibility index (Phi) is 7.19. The quantitative estimate of drug-likeness (QED) is 0.665. The number of hydrogen-bond donors (Lipinski definition) is 3. The molecule has 144 valence electrons. The molecule has 6 nitrogen and oxygen atoms in total. The molecule has 6 heteroatoms. The predicted octanol–water partition coefficient (Wildman–Crippen LogP) is 2.04. The zero-order valence-electron chi connectivity index (χ0n) is 15.8. The van der Waals surface area contributed by atoms with E-state index < -0.39 is 6.04 Å². The largest absolute Gasteiger partial charge is 0.497 e. The molecule has 1 amide bonds. The van der Waals surface area contributed by atoms with Crippen molar-refractivity contribution in [2.75, 3.05) is 26.7 Å². The highest BCUT2D eigenvalue weighted by atomic mass is 16.5. The zero-order valence-corrected chi connectivity index (χ0v) is 15.8. The van der Waals surface area contributed by atoms with E-state index in [0.717, 1.165) is 36.4 Å². The van der Waals surface area contributed by atoms with Crippen LogP contribution in [0.2, 0.25) is 0 Å². The van der Waals surface area contributed by atoms with Gasteiger partial charge in [-0.3, -0.25) is 15.1 Å². The smallest absolute Gasteiger partial charge is 0.241 e. The van der Waals surface area contributed by atoms with Crippen LogP contribution in [-0.2, 0) is 11.3 Å². The van der Waals surface area contributed by atoms with Crippen LogP contribution in [0.25, 0.3) is 0 Å². The summed E-state index contributed by atoms with van der Waals surface area (Å²) in [5.41, 5.74) is 1.96. The fraction of sp³-hybridized carbons (Fsp3) is 0.429. The molecule has 27 heavy (non-hydrogen) atoms. The second kappa shape index (κ2) is 10.0. The lowest BCUT2D eigenvalue weighted by molar-refractivity contribution is -0.123. The first-order chi connectivity index (χ1) is 13.3. The van der Waals surface area contributed by atoms with Crippen LogP contribution in [0.1, 0.15) is 30.0 Å². The number of pyridine rings is 1. The highest BCUT2D eigenvalue weighted by molar-refractivity contribution is 5.83. The topological polar surface area (TPSA) is 75.3 Å². The SMILES string of the molecule is COc1ccc(C(NCc2cccnc2)C(=O)NCC2CCCNC2)cc1. The Labute approximate surface area is 160 Å². The number of hydrogen-bond acceptors (Lipinski definition) is 5. The van der Waals surface area contributed by atoms with Gasteiger partial charge in [-0.1, -0.05) is 18.2 Å². The maximum atomic E-state index is 12.9. The molecule has 1 aliphatic rings. The van der Waals surface area contributed by atoms with Gasteiger partial charge < -0.3 is 15.4 Å². The summed E-state index contributed by atoms with van der Waals surface area (Å²) in [6.07, 6.45) is 5.88. The number of carbonyl (C=O) groups is 1. The van der Waals surface area contributed by atoms with Crippen LogP contribution in [-0.4, -0.2) is 37.6 Å². The summed E-state index contributed by atoms with van der Waals surface area (Å²) in [5, 5.41) is 9.89. The molecule has 1 aliphatic heterocycles. The third kappa shape index (κ3) is 5.77. The van der Waals surface area contributed by atoms with Crippen molar-refractivity contribution in [2.45, 2.75) is 25.4 Å². The van der Waals surface area contributed by atoms with E-state index in [9.17, 15) is 4.79 Å². The molecular weight excluding hydrogens is 340 g/mol. The molecular formula is C21H28N4O2. The van der Waals surface area contributed by atoms with Gasteiger partial charge in [0, 0.05) is 25.5 Å². The molecule has 2 heterocycles. The van der Waals surface area contributed by atoms with Gasteiger partial charge in [-0.15, -0.1) is 0 Å². The monoisotopic (exact) mass is 368 g/mol. The van der Waals surface area contributed by atoms with Gasteiger partial charge in [-0.2, -0.15) is 0 Å². The number of amides is 1. The van der Waals surface area contributed by atoms with Crippen LogP contribution in [0.5, 0.6) is 5.75 Å². The van der Waals surface area contributed by atoms with E-state index >= 15 is 0 Å². The van der Waals surface area contributed by atoms with E-state index in [1.165, 1.54) is 6.42 Å². The molecule has 0 radical (unpaired) electrons. The lowest BCUT2D eigenvalue weighted by Gasteiger charge is -2.25. The average molecular weight is 368 g/mol. The summed E-state index contributed by atoms with van der Waals surface area (Å²) in [6, 6.07) is 11.1.